The van der Waals surface area contributed by atoms with Crippen molar-refractivity contribution in [1.29, 1.82) is 0 Å². The van der Waals surface area contributed by atoms with Crippen LogP contribution < -0.4 is 10.5 Å². The zero-order valence-corrected chi connectivity index (χ0v) is 17.1. The van der Waals surface area contributed by atoms with Crippen LogP contribution in [-0.2, 0) is 32.2 Å². The molecule has 1 fully saturated rings. The van der Waals surface area contributed by atoms with Gasteiger partial charge in [0, 0.05) is 50.0 Å². The number of piperazine rings is 1. The van der Waals surface area contributed by atoms with Gasteiger partial charge in [0.05, 0.1) is 12.2 Å². The Labute approximate surface area is 171 Å². The molecular formula is C22H30N6O. The molecule has 0 bridgehead atoms. The van der Waals surface area contributed by atoms with Crippen LogP contribution in [0.1, 0.15) is 48.2 Å². The van der Waals surface area contributed by atoms with Crippen molar-refractivity contribution in [3.05, 3.63) is 45.3 Å². The summed E-state index contributed by atoms with van der Waals surface area (Å²) in [6.07, 6.45) is 10.8. The van der Waals surface area contributed by atoms with Crippen molar-refractivity contribution >= 4 is 5.82 Å². The van der Waals surface area contributed by atoms with Gasteiger partial charge in [-0.05, 0) is 56.9 Å². The molecule has 154 valence electrons. The van der Waals surface area contributed by atoms with E-state index in [1.807, 2.05) is 6.07 Å². The first-order chi connectivity index (χ1) is 14.3. The Hall–Kier alpha value is -2.28. The van der Waals surface area contributed by atoms with E-state index in [2.05, 4.69) is 24.9 Å². The van der Waals surface area contributed by atoms with Crippen molar-refractivity contribution in [2.24, 2.45) is 0 Å². The smallest absolute Gasteiger partial charge is 0.267 e. The molecule has 0 atom stereocenters. The minimum Gasteiger partial charge on any atom is -0.354 e. The molecule has 1 saturated heterocycles. The molecule has 0 aromatic carbocycles. The lowest BCUT2D eigenvalue weighted by molar-refractivity contribution is 0.241. The molecule has 2 aliphatic carbocycles. The van der Waals surface area contributed by atoms with Gasteiger partial charge in [-0.1, -0.05) is 0 Å². The molecule has 0 radical (unpaired) electrons. The van der Waals surface area contributed by atoms with Gasteiger partial charge in [0.2, 0.25) is 0 Å². The van der Waals surface area contributed by atoms with Gasteiger partial charge in [-0.3, -0.25) is 9.69 Å². The van der Waals surface area contributed by atoms with E-state index in [9.17, 15) is 4.79 Å². The predicted octanol–water partition coefficient (Wildman–Crippen LogP) is 1.61. The van der Waals surface area contributed by atoms with E-state index in [1.165, 1.54) is 42.5 Å². The lowest BCUT2D eigenvalue weighted by atomic mass is 9.96. The Morgan fingerprint density at radius 1 is 0.828 bits per heavy atom. The molecule has 3 aliphatic rings. The van der Waals surface area contributed by atoms with Crippen LogP contribution in [0.2, 0.25) is 0 Å². The van der Waals surface area contributed by atoms with Crippen LogP contribution in [0.4, 0.5) is 5.82 Å². The zero-order valence-electron chi connectivity index (χ0n) is 17.1. The van der Waals surface area contributed by atoms with E-state index < -0.39 is 0 Å². The van der Waals surface area contributed by atoms with E-state index in [-0.39, 0.29) is 5.56 Å². The average molecular weight is 395 g/mol. The Kier molecular flexibility index (Phi) is 5.31. The lowest BCUT2D eigenvalue weighted by Crippen LogP contribution is -2.48. The van der Waals surface area contributed by atoms with E-state index in [4.69, 9.17) is 0 Å². The van der Waals surface area contributed by atoms with Crippen molar-refractivity contribution in [3.63, 3.8) is 0 Å². The predicted molar refractivity (Wildman–Crippen MR) is 112 cm³/mol. The summed E-state index contributed by atoms with van der Waals surface area (Å²) in [6.45, 7) is 5.51. The fourth-order valence-corrected chi connectivity index (χ4v) is 4.96. The van der Waals surface area contributed by atoms with Gasteiger partial charge in [0.25, 0.3) is 5.56 Å². The van der Waals surface area contributed by atoms with E-state index in [1.54, 1.807) is 11.0 Å². The number of hydrogen-bond acceptors (Lipinski definition) is 6. The van der Waals surface area contributed by atoms with Gasteiger partial charge >= 0.3 is 0 Å². The average Bonchev–Trinajstić information content (AvgIpc) is 2.78. The van der Waals surface area contributed by atoms with Gasteiger partial charge in [-0.25, -0.2) is 14.6 Å². The second-order valence-corrected chi connectivity index (χ2v) is 8.54. The van der Waals surface area contributed by atoms with Crippen molar-refractivity contribution < 1.29 is 0 Å². The normalized spacial score (nSPS) is 19.7. The number of hydrogen-bond donors (Lipinski definition) is 0. The molecule has 5 rings (SSSR count). The summed E-state index contributed by atoms with van der Waals surface area (Å²) in [5.74, 6) is 1.15. The maximum absolute atomic E-state index is 12.4. The summed E-state index contributed by atoms with van der Waals surface area (Å²) >= 11 is 0. The van der Waals surface area contributed by atoms with Gasteiger partial charge in [-0.2, -0.15) is 5.10 Å². The second-order valence-electron chi connectivity index (χ2n) is 8.54. The standard InChI is InChI=1S/C22H30N6O/c29-21-15-17-5-1-3-7-19(17)25-28(21)14-11-26-9-12-27(13-10-26)22-18-6-2-4-8-20(18)23-16-24-22/h15-16H,1-14H2. The molecular weight excluding hydrogens is 364 g/mol. The molecule has 29 heavy (non-hydrogen) atoms. The first-order valence-corrected chi connectivity index (χ1v) is 11.2. The number of anilines is 1. The fourth-order valence-electron chi connectivity index (χ4n) is 4.96. The third kappa shape index (κ3) is 3.92. The highest BCUT2D eigenvalue weighted by Gasteiger charge is 2.23. The minimum absolute atomic E-state index is 0.0527. The quantitative estimate of drug-likeness (QED) is 0.785. The summed E-state index contributed by atoms with van der Waals surface area (Å²) in [5, 5.41) is 4.66. The molecule has 0 N–H and O–H groups in total. The molecule has 0 saturated carbocycles. The Morgan fingerprint density at radius 3 is 2.45 bits per heavy atom. The maximum Gasteiger partial charge on any atom is 0.267 e. The number of fused-ring (bicyclic) bond motifs is 2. The first kappa shape index (κ1) is 18.7. The van der Waals surface area contributed by atoms with Crippen LogP contribution in [0.5, 0.6) is 0 Å². The molecule has 7 heteroatoms. The van der Waals surface area contributed by atoms with Crippen LogP contribution in [0.15, 0.2) is 17.2 Å². The van der Waals surface area contributed by atoms with E-state index in [0.29, 0.717) is 6.54 Å². The van der Waals surface area contributed by atoms with Gasteiger partial charge in [0.1, 0.15) is 12.1 Å². The molecule has 0 amide bonds. The van der Waals surface area contributed by atoms with Gasteiger partial charge in [-0.15, -0.1) is 0 Å². The van der Waals surface area contributed by atoms with Crippen molar-refractivity contribution in [1.82, 2.24) is 24.6 Å². The van der Waals surface area contributed by atoms with Gasteiger partial charge < -0.3 is 4.90 Å². The largest absolute Gasteiger partial charge is 0.354 e. The third-order valence-electron chi connectivity index (χ3n) is 6.68. The molecule has 1 aliphatic heterocycles. The summed E-state index contributed by atoms with van der Waals surface area (Å²) in [6, 6.07) is 1.82. The number of rotatable bonds is 4. The Bertz CT molecular complexity index is 931. The molecule has 2 aromatic rings. The maximum atomic E-state index is 12.4. The summed E-state index contributed by atoms with van der Waals surface area (Å²) in [4.78, 5) is 26.4. The summed E-state index contributed by atoms with van der Waals surface area (Å²) < 4.78 is 1.68. The van der Waals surface area contributed by atoms with Crippen LogP contribution in [0.25, 0.3) is 0 Å². The van der Waals surface area contributed by atoms with Crippen molar-refractivity contribution in [2.45, 2.75) is 57.9 Å². The molecule has 0 spiro atoms. The fraction of sp³-hybridized carbons (Fsp3) is 0.636. The topological polar surface area (TPSA) is 67.2 Å². The van der Waals surface area contributed by atoms with Crippen LogP contribution in [-0.4, -0.2) is 57.4 Å². The molecule has 3 heterocycles. The van der Waals surface area contributed by atoms with Crippen LogP contribution in [0, 0.1) is 0 Å². The van der Waals surface area contributed by atoms with Crippen LogP contribution >= 0.6 is 0 Å². The van der Waals surface area contributed by atoms with Crippen molar-refractivity contribution in [3.8, 4) is 0 Å². The van der Waals surface area contributed by atoms with Gasteiger partial charge in [0.15, 0.2) is 0 Å². The SMILES string of the molecule is O=c1cc2c(nn1CCN1CCN(c3ncnc4c3CCCC4)CC1)CCCC2. The van der Waals surface area contributed by atoms with E-state index >= 15 is 0 Å². The first-order valence-electron chi connectivity index (χ1n) is 11.2. The summed E-state index contributed by atoms with van der Waals surface area (Å²) in [7, 11) is 0. The highest BCUT2D eigenvalue weighted by Crippen LogP contribution is 2.27. The summed E-state index contributed by atoms with van der Waals surface area (Å²) in [5.41, 5.74) is 4.98. The highest BCUT2D eigenvalue weighted by atomic mass is 16.1. The number of nitrogens with zero attached hydrogens (tertiary/aromatic N) is 6. The third-order valence-corrected chi connectivity index (χ3v) is 6.68. The Morgan fingerprint density at radius 2 is 1.59 bits per heavy atom. The molecule has 7 nitrogen and oxygen atoms in total. The number of aromatic nitrogens is 4. The highest BCUT2D eigenvalue weighted by molar-refractivity contribution is 5.50. The zero-order chi connectivity index (χ0) is 19.6. The number of aryl methyl sites for hydroxylation is 3. The Balaban J connectivity index is 1.20. The lowest BCUT2D eigenvalue weighted by Gasteiger charge is -2.36. The monoisotopic (exact) mass is 394 g/mol. The minimum atomic E-state index is 0.0527. The second kappa shape index (κ2) is 8.22. The van der Waals surface area contributed by atoms with E-state index in [0.717, 1.165) is 69.9 Å². The van der Waals surface area contributed by atoms with Crippen molar-refractivity contribution in [2.75, 3.05) is 37.6 Å². The molecule has 0 unspecified atom stereocenters. The van der Waals surface area contributed by atoms with Crippen LogP contribution in [0.3, 0.4) is 0 Å². The molecule has 2 aromatic heterocycles.